The molecule has 0 saturated carbocycles. The minimum absolute atomic E-state index is 0.720. The Hall–Kier alpha value is -2.06. The van der Waals surface area contributed by atoms with Crippen LogP contribution < -0.4 is 0 Å². The Bertz CT molecular complexity index is 739. The first-order valence-corrected chi connectivity index (χ1v) is 6.89. The molecule has 1 heterocycles. The lowest BCUT2D eigenvalue weighted by Crippen LogP contribution is -1.97. The maximum atomic E-state index is 6.07. The quantitative estimate of drug-likeness (QED) is 0.659. The van der Waals surface area contributed by atoms with Crippen LogP contribution in [0.1, 0.15) is 11.1 Å². The molecule has 0 fully saturated rings. The molecule has 0 atom stereocenters. The Morgan fingerprint density at radius 3 is 2.45 bits per heavy atom. The Morgan fingerprint density at radius 2 is 1.75 bits per heavy atom. The lowest BCUT2D eigenvalue weighted by atomic mass is 10.1. The summed E-state index contributed by atoms with van der Waals surface area (Å²) in [5.74, 6) is 0.900. The molecule has 0 aliphatic heterocycles. The van der Waals surface area contributed by atoms with Crippen molar-refractivity contribution < 1.29 is 0 Å². The van der Waals surface area contributed by atoms with Crippen molar-refractivity contribution in [2.24, 2.45) is 0 Å². The molecule has 0 unspecified atom stereocenters. The molecular weight excluding hydrogens is 268 g/mol. The summed E-state index contributed by atoms with van der Waals surface area (Å²) in [6.45, 7) is 4.21. The highest BCUT2D eigenvalue weighted by atomic mass is 35.5. The third-order valence-electron chi connectivity index (χ3n) is 3.21. The van der Waals surface area contributed by atoms with Gasteiger partial charge in [-0.2, -0.15) is 0 Å². The van der Waals surface area contributed by atoms with E-state index in [1.54, 1.807) is 0 Å². The molecule has 2 nitrogen and oxygen atoms in total. The van der Waals surface area contributed by atoms with Crippen molar-refractivity contribution in [1.29, 1.82) is 0 Å². The second-order valence-electron chi connectivity index (χ2n) is 4.98. The van der Waals surface area contributed by atoms with Crippen LogP contribution in [0, 0.1) is 13.8 Å². The van der Waals surface area contributed by atoms with Gasteiger partial charge in [-0.05, 0) is 49.2 Å². The van der Waals surface area contributed by atoms with Crippen LogP contribution in [0.15, 0.2) is 54.9 Å². The minimum atomic E-state index is 0.720. The molecule has 20 heavy (non-hydrogen) atoms. The molecule has 3 aromatic rings. The molecular formula is C17H15ClN2. The minimum Gasteiger partial charge on any atom is -0.300 e. The molecule has 1 aromatic heterocycles. The molecule has 3 heteroatoms. The molecule has 0 aliphatic rings. The molecule has 3 rings (SSSR count). The second kappa shape index (κ2) is 5.14. The van der Waals surface area contributed by atoms with Crippen molar-refractivity contribution in [2.75, 3.05) is 0 Å². The topological polar surface area (TPSA) is 17.8 Å². The van der Waals surface area contributed by atoms with Gasteiger partial charge in [-0.15, -0.1) is 0 Å². The van der Waals surface area contributed by atoms with Crippen LogP contribution in [0.25, 0.3) is 17.1 Å². The van der Waals surface area contributed by atoms with Crippen molar-refractivity contribution in [1.82, 2.24) is 9.55 Å². The van der Waals surface area contributed by atoms with Crippen LogP contribution in [0.3, 0.4) is 0 Å². The van der Waals surface area contributed by atoms with Crippen LogP contribution in [-0.2, 0) is 0 Å². The molecule has 0 N–H and O–H groups in total. The summed E-state index contributed by atoms with van der Waals surface area (Å²) in [5.41, 5.74) is 4.62. The molecule has 0 spiro atoms. The van der Waals surface area contributed by atoms with Gasteiger partial charge in [0.25, 0.3) is 0 Å². The largest absolute Gasteiger partial charge is 0.300 e. The van der Waals surface area contributed by atoms with E-state index in [1.165, 1.54) is 11.1 Å². The number of benzene rings is 2. The fraction of sp³-hybridized carbons (Fsp3) is 0.118. The van der Waals surface area contributed by atoms with Crippen molar-refractivity contribution in [3.8, 4) is 17.1 Å². The molecule has 0 radical (unpaired) electrons. The number of aromatic nitrogens is 2. The summed E-state index contributed by atoms with van der Waals surface area (Å²) in [5, 5.41) is 0.720. The molecule has 0 amide bonds. The SMILES string of the molecule is Cc1cc(C)cc(-n2ccnc2-c2cccc(Cl)c2)c1. The summed E-state index contributed by atoms with van der Waals surface area (Å²) in [4.78, 5) is 4.47. The molecule has 0 saturated heterocycles. The third-order valence-corrected chi connectivity index (χ3v) is 3.44. The zero-order chi connectivity index (χ0) is 14.1. The van der Waals surface area contributed by atoms with Crippen LogP contribution in [-0.4, -0.2) is 9.55 Å². The van der Waals surface area contributed by atoms with E-state index in [1.807, 2.05) is 36.7 Å². The highest BCUT2D eigenvalue weighted by molar-refractivity contribution is 6.30. The number of aryl methyl sites for hydroxylation is 2. The molecule has 0 bridgehead atoms. The number of hydrogen-bond acceptors (Lipinski definition) is 1. The van der Waals surface area contributed by atoms with Gasteiger partial charge in [-0.1, -0.05) is 29.8 Å². The van der Waals surface area contributed by atoms with Gasteiger partial charge in [0.1, 0.15) is 5.82 Å². The van der Waals surface area contributed by atoms with Gasteiger partial charge in [0, 0.05) is 28.7 Å². The van der Waals surface area contributed by atoms with E-state index in [0.29, 0.717) is 0 Å². The van der Waals surface area contributed by atoms with E-state index in [2.05, 4.69) is 41.6 Å². The maximum absolute atomic E-state index is 6.07. The Morgan fingerprint density at radius 1 is 1.00 bits per heavy atom. The first-order chi connectivity index (χ1) is 9.63. The van der Waals surface area contributed by atoms with Gasteiger partial charge in [0.15, 0.2) is 0 Å². The van der Waals surface area contributed by atoms with E-state index in [4.69, 9.17) is 11.6 Å². The summed E-state index contributed by atoms with van der Waals surface area (Å²) >= 11 is 6.07. The Kier molecular flexibility index (Phi) is 3.33. The highest BCUT2D eigenvalue weighted by Gasteiger charge is 2.08. The summed E-state index contributed by atoms with van der Waals surface area (Å²) in [6, 6.07) is 14.2. The summed E-state index contributed by atoms with van der Waals surface area (Å²) < 4.78 is 2.09. The number of nitrogens with zero attached hydrogens (tertiary/aromatic N) is 2. The molecule has 2 aromatic carbocycles. The lowest BCUT2D eigenvalue weighted by Gasteiger charge is -2.10. The van der Waals surface area contributed by atoms with Crippen LogP contribution in [0.2, 0.25) is 5.02 Å². The van der Waals surface area contributed by atoms with Gasteiger partial charge < -0.3 is 0 Å². The highest BCUT2D eigenvalue weighted by Crippen LogP contribution is 2.24. The zero-order valence-electron chi connectivity index (χ0n) is 11.5. The van der Waals surface area contributed by atoms with Gasteiger partial charge in [0.2, 0.25) is 0 Å². The third kappa shape index (κ3) is 2.47. The first-order valence-electron chi connectivity index (χ1n) is 6.51. The average Bonchev–Trinajstić information content (AvgIpc) is 2.86. The van der Waals surface area contributed by atoms with E-state index in [9.17, 15) is 0 Å². The second-order valence-corrected chi connectivity index (χ2v) is 5.41. The standard InChI is InChI=1S/C17H15ClN2/c1-12-8-13(2)10-16(9-12)20-7-6-19-17(20)14-4-3-5-15(18)11-14/h3-11H,1-2H3. The van der Waals surface area contributed by atoms with E-state index >= 15 is 0 Å². The molecule has 100 valence electrons. The fourth-order valence-electron chi connectivity index (χ4n) is 2.44. The van der Waals surface area contributed by atoms with Crippen LogP contribution >= 0.6 is 11.6 Å². The van der Waals surface area contributed by atoms with E-state index < -0.39 is 0 Å². The van der Waals surface area contributed by atoms with Gasteiger partial charge in [-0.25, -0.2) is 4.98 Å². The van der Waals surface area contributed by atoms with Crippen molar-refractivity contribution >= 4 is 11.6 Å². The Labute approximate surface area is 123 Å². The number of rotatable bonds is 2. The van der Waals surface area contributed by atoms with Gasteiger partial charge in [0.05, 0.1) is 0 Å². The van der Waals surface area contributed by atoms with E-state index in [-0.39, 0.29) is 0 Å². The maximum Gasteiger partial charge on any atom is 0.144 e. The van der Waals surface area contributed by atoms with Crippen molar-refractivity contribution in [3.05, 3.63) is 71.0 Å². The lowest BCUT2D eigenvalue weighted by molar-refractivity contribution is 1.06. The normalized spacial score (nSPS) is 10.8. The zero-order valence-corrected chi connectivity index (χ0v) is 12.2. The van der Waals surface area contributed by atoms with Crippen molar-refractivity contribution in [2.45, 2.75) is 13.8 Å². The average molecular weight is 283 g/mol. The van der Waals surface area contributed by atoms with Crippen LogP contribution in [0.5, 0.6) is 0 Å². The summed E-state index contributed by atoms with van der Waals surface area (Å²) in [7, 11) is 0. The summed E-state index contributed by atoms with van der Waals surface area (Å²) in [6.07, 6.45) is 3.79. The van der Waals surface area contributed by atoms with Crippen molar-refractivity contribution in [3.63, 3.8) is 0 Å². The predicted octanol–water partition coefficient (Wildman–Crippen LogP) is 4.81. The first kappa shape index (κ1) is 12.9. The smallest absolute Gasteiger partial charge is 0.144 e. The van der Waals surface area contributed by atoms with E-state index in [0.717, 1.165) is 22.1 Å². The van der Waals surface area contributed by atoms with Gasteiger partial charge in [-0.3, -0.25) is 4.57 Å². The monoisotopic (exact) mass is 282 g/mol. The Balaban J connectivity index is 2.15. The predicted molar refractivity (Wildman–Crippen MR) is 83.5 cm³/mol. The fourth-order valence-corrected chi connectivity index (χ4v) is 2.63. The number of imidazole rings is 1. The molecule has 0 aliphatic carbocycles. The number of halogens is 1. The van der Waals surface area contributed by atoms with Gasteiger partial charge >= 0.3 is 0 Å². The van der Waals surface area contributed by atoms with Crippen LogP contribution in [0.4, 0.5) is 0 Å². The number of hydrogen-bond donors (Lipinski definition) is 0.